The van der Waals surface area contributed by atoms with Crippen molar-refractivity contribution in [2.75, 3.05) is 19.8 Å². The van der Waals surface area contributed by atoms with Gasteiger partial charge in [-0.15, -0.1) is 0 Å². The van der Waals surface area contributed by atoms with Crippen LogP contribution >= 0.6 is 0 Å². The van der Waals surface area contributed by atoms with E-state index in [0.717, 1.165) is 6.92 Å². The van der Waals surface area contributed by atoms with Crippen molar-refractivity contribution in [1.29, 1.82) is 0 Å². The topological polar surface area (TPSA) is 29.5 Å². The van der Waals surface area contributed by atoms with Crippen LogP contribution in [0.25, 0.3) is 0 Å². The Morgan fingerprint density at radius 2 is 2.11 bits per heavy atom. The molecule has 0 aromatic heterocycles. The van der Waals surface area contributed by atoms with Crippen LogP contribution in [0.15, 0.2) is 0 Å². The molecule has 0 saturated carbocycles. The second-order valence-electron chi connectivity index (χ2n) is 1.85. The van der Waals surface area contributed by atoms with Gasteiger partial charge in [-0.25, -0.2) is 8.78 Å². The summed E-state index contributed by atoms with van der Waals surface area (Å²) in [5.41, 5.74) is 0. The molecule has 0 saturated heterocycles. The van der Waals surface area contributed by atoms with E-state index < -0.39 is 12.5 Å². The molecule has 9 heavy (non-hydrogen) atoms. The normalized spacial score (nSPS) is 12.0. The molecule has 0 bridgehead atoms. The van der Waals surface area contributed by atoms with E-state index in [0.29, 0.717) is 0 Å². The lowest BCUT2D eigenvalue weighted by atomic mass is 10.4. The fourth-order valence-electron chi connectivity index (χ4n) is 0.316. The Hall–Kier alpha value is -0.220. The number of aliphatic hydroxyl groups is 1. The van der Waals surface area contributed by atoms with Gasteiger partial charge in [0.1, 0.15) is 6.61 Å². The third-order valence-electron chi connectivity index (χ3n) is 0.591. The second kappa shape index (κ2) is 3.74. The van der Waals surface area contributed by atoms with E-state index in [4.69, 9.17) is 5.11 Å². The van der Waals surface area contributed by atoms with Gasteiger partial charge in [0, 0.05) is 6.92 Å². The zero-order valence-electron chi connectivity index (χ0n) is 5.23. The molecule has 0 aromatic rings. The Bertz CT molecular complexity index is 69.8. The number of aliphatic hydroxyl groups excluding tert-OH is 1. The number of alkyl halides is 2. The summed E-state index contributed by atoms with van der Waals surface area (Å²) >= 11 is 0. The maximum atomic E-state index is 11.8. The molecule has 0 fully saturated rings. The average molecular weight is 140 g/mol. The zero-order chi connectivity index (χ0) is 7.33. The molecule has 56 valence electrons. The highest BCUT2D eigenvalue weighted by atomic mass is 19.3. The van der Waals surface area contributed by atoms with Crippen LogP contribution < -0.4 is 0 Å². The number of halogens is 2. The molecule has 0 amide bonds. The van der Waals surface area contributed by atoms with Gasteiger partial charge in [0.15, 0.2) is 0 Å². The molecule has 2 nitrogen and oxygen atoms in total. The maximum Gasteiger partial charge on any atom is 0.268 e. The second-order valence-corrected chi connectivity index (χ2v) is 1.85. The third kappa shape index (κ3) is 7.78. The zero-order valence-corrected chi connectivity index (χ0v) is 5.23. The van der Waals surface area contributed by atoms with Gasteiger partial charge in [-0.2, -0.15) is 0 Å². The highest BCUT2D eigenvalue weighted by molar-refractivity contribution is 4.53. The van der Waals surface area contributed by atoms with E-state index in [1.807, 2.05) is 0 Å². The van der Waals surface area contributed by atoms with Crippen molar-refractivity contribution < 1.29 is 18.6 Å². The number of hydrogen-bond acceptors (Lipinski definition) is 2. The van der Waals surface area contributed by atoms with E-state index in [-0.39, 0.29) is 13.2 Å². The van der Waals surface area contributed by atoms with Crippen molar-refractivity contribution >= 4 is 0 Å². The fraction of sp³-hybridized carbons (Fsp3) is 1.00. The van der Waals surface area contributed by atoms with Crippen molar-refractivity contribution in [2.45, 2.75) is 12.8 Å². The molecule has 0 heterocycles. The summed E-state index contributed by atoms with van der Waals surface area (Å²) in [7, 11) is 0. The smallest absolute Gasteiger partial charge is 0.268 e. The summed E-state index contributed by atoms with van der Waals surface area (Å²) in [6.07, 6.45) is 0. The van der Waals surface area contributed by atoms with Crippen LogP contribution in [0.1, 0.15) is 6.92 Å². The summed E-state index contributed by atoms with van der Waals surface area (Å²) in [4.78, 5) is 0. The fourth-order valence-corrected chi connectivity index (χ4v) is 0.316. The minimum atomic E-state index is -2.78. The Labute approximate surface area is 52.4 Å². The van der Waals surface area contributed by atoms with Gasteiger partial charge in [0.2, 0.25) is 0 Å². The Morgan fingerprint density at radius 1 is 1.56 bits per heavy atom. The summed E-state index contributed by atoms with van der Waals surface area (Å²) in [5, 5.41) is 8.09. The number of ether oxygens (including phenoxy) is 1. The SMILES string of the molecule is CC(F)(F)COCCO. The number of rotatable bonds is 4. The van der Waals surface area contributed by atoms with Crippen LogP contribution in [-0.2, 0) is 4.74 Å². The van der Waals surface area contributed by atoms with Gasteiger partial charge in [-0.05, 0) is 0 Å². The van der Waals surface area contributed by atoms with Gasteiger partial charge >= 0.3 is 0 Å². The molecule has 0 aliphatic carbocycles. The summed E-state index contributed by atoms with van der Waals surface area (Å²) in [6, 6.07) is 0. The highest BCUT2D eigenvalue weighted by Gasteiger charge is 2.20. The molecule has 0 unspecified atom stereocenters. The van der Waals surface area contributed by atoms with Gasteiger partial charge in [0.25, 0.3) is 5.92 Å². The molecule has 0 aliphatic rings. The minimum absolute atomic E-state index is 0.0244. The van der Waals surface area contributed by atoms with Crippen molar-refractivity contribution in [3.63, 3.8) is 0 Å². The van der Waals surface area contributed by atoms with E-state index in [2.05, 4.69) is 4.74 Å². The predicted molar refractivity (Wildman–Crippen MR) is 28.5 cm³/mol. The molecule has 0 radical (unpaired) electrons. The number of hydrogen-bond donors (Lipinski definition) is 1. The standard InChI is InChI=1S/C5H10F2O2/c1-5(6,7)4-9-3-2-8/h8H,2-4H2,1H3. The minimum Gasteiger partial charge on any atom is -0.394 e. The third-order valence-corrected chi connectivity index (χ3v) is 0.591. The largest absolute Gasteiger partial charge is 0.394 e. The summed E-state index contributed by atoms with van der Waals surface area (Å²) in [6.45, 7) is -0.0859. The van der Waals surface area contributed by atoms with Crippen molar-refractivity contribution in [3.05, 3.63) is 0 Å². The summed E-state index contributed by atoms with van der Waals surface area (Å²) in [5.74, 6) is -2.78. The lowest BCUT2D eigenvalue weighted by Crippen LogP contribution is -2.19. The molecule has 0 aliphatic heterocycles. The first-order valence-electron chi connectivity index (χ1n) is 2.63. The quantitative estimate of drug-likeness (QED) is 0.581. The molecule has 1 N–H and O–H groups in total. The van der Waals surface area contributed by atoms with Gasteiger partial charge in [-0.3, -0.25) is 0 Å². The molecular weight excluding hydrogens is 130 g/mol. The van der Waals surface area contributed by atoms with Crippen LogP contribution in [0.5, 0.6) is 0 Å². The van der Waals surface area contributed by atoms with Gasteiger partial charge in [-0.1, -0.05) is 0 Å². The lowest BCUT2D eigenvalue weighted by Gasteiger charge is -2.08. The highest BCUT2D eigenvalue weighted by Crippen LogP contribution is 2.10. The lowest BCUT2D eigenvalue weighted by molar-refractivity contribution is -0.0676. The van der Waals surface area contributed by atoms with Gasteiger partial charge < -0.3 is 9.84 Å². The Balaban J connectivity index is 3.07. The molecule has 0 aromatic carbocycles. The van der Waals surface area contributed by atoms with Crippen LogP contribution in [0, 0.1) is 0 Å². The van der Waals surface area contributed by atoms with Crippen LogP contribution in [0.3, 0.4) is 0 Å². The molecular formula is C5H10F2O2. The van der Waals surface area contributed by atoms with E-state index >= 15 is 0 Å². The first-order chi connectivity index (χ1) is 4.06. The first kappa shape index (κ1) is 8.78. The van der Waals surface area contributed by atoms with E-state index in [1.54, 1.807) is 0 Å². The van der Waals surface area contributed by atoms with Crippen LogP contribution in [0.2, 0.25) is 0 Å². The summed E-state index contributed by atoms with van der Waals surface area (Å²) < 4.78 is 28.0. The van der Waals surface area contributed by atoms with Crippen LogP contribution in [0.4, 0.5) is 8.78 Å². The Kier molecular flexibility index (Phi) is 3.65. The van der Waals surface area contributed by atoms with E-state index in [1.165, 1.54) is 0 Å². The van der Waals surface area contributed by atoms with E-state index in [9.17, 15) is 8.78 Å². The van der Waals surface area contributed by atoms with Crippen LogP contribution in [-0.4, -0.2) is 30.8 Å². The molecule has 4 heteroatoms. The van der Waals surface area contributed by atoms with Crippen molar-refractivity contribution in [2.24, 2.45) is 0 Å². The molecule has 0 atom stereocenters. The first-order valence-corrected chi connectivity index (χ1v) is 2.63. The molecule has 0 spiro atoms. The van der Waals surface area contributed by atoms with Crippen molar-refractivity contribution in [3.8, 4) is 0 Å². The van der Waals surface area contributed by atoms with Gasteiger partial charge in [0.05, 0.1) is 13.2 Å². The average Bonchev–Trinajstić information content (AvgIpc) is 1.63. The Morgan fingerprint density at radius 3 is 2.44 bits per heavy atom. The predicted octanol–water partition coefficient (Wildman–Crippen LogP) is 0.651. The van der Waals surface area contributed by atoms with Crippen molar-refractivity contribution in [1.82, 2.24) is 0 Å². The molecule has 0 rings (SSSR count). The maximum absolute atomic E-state index is 11.8. The monoisotopic (exact) mass is 140 g/mol.